The maximum atomic E-state index is 12.8. The van der Waals surface area contributed by atoms with Crippen LogP contribution in [0.4, 0.5) is 5.69 Å². The van der Waals surface area contributed by atoms with Gasteiger partial charge in [0.2, 0.25) is 0 Å². The summed E-state index contributed by atoms with van der Waals surface area (Å²) in [6.45, 7) is 4.50. The Morgan fingerprint density at radius 2 is 1.76 bits per heavy atom. The molecule has 1 aromatic rings. The van der Waals surface area contributed by atoms with Gasteiger partial charge in [-0.25, -0.2) is 0 Å². The second kappa shape index (κ2) is 17.2. The van der Waals surface area contributed by atoms with Crippen molar-refractivity contribution in [3.05, 3.63) is 22.7 Å². The lowest BCUT2D eigenvalue weighted by Gasteiger charge is -2.41. The molecular formula is C26H42ClN3O12. The number of amides is 1. The third-order valence-corrected chi connectivity index (χ3v) is 7.25. The third-order valence-electron chi connectivity index (χ3n) is 6.94. The van der Waals surface area contributed by atoms with Crippen LogP contribution in [0.2, 0.25) is 5.02 Å². The average Bonchev–Trinajstić information content (AvgIpc) is 2.99. The zero-order valence-corrected chi connectivity index (χ0v) is 24.5. The highest BCUT2D eigenvalue weighted by Crippen LogP contribution is 2.31. The van der Waals surface area contributed by atoms with Crippen molar-refractivity contribution >= 4 is 29.0 Å². The number of halogens is 1. The summed E-state index contributed by atoms with van der Waals surface area (Å²) in [5.41, 5.74) is 0.348. The lowest BCUT2D eigenvalue weighted by molar-refractivity contribution is -0.323. The number of aliphatic hydroxyl groups excluding tert-OH is 7. The topological polar surface area (TPSA) is 231 Å². The predicted octanol–water partition coefficient (Wildman–Crippen LogP) is -2.70. The molecule has 9 N–H and O–H groups in total. The second-order valence-electron chi connectivity index (χ2n) is 9.63. The van der Waals surface area contributed by atoms with E-state index in [2.05, 4.69) is 15.5 Å². The lowest BCUT2D eigenvalue weighted by atomic mass is 9.98. The minimum absolute atomic E-state index is 0.0662. The summed E-state index contributed by atoms with van der Waals surface area (Å²) in [6.07, 6.45) is -14.3. The minimum atomic E-state index is -2.08. The number of ketones is 1. The van der Waals surface area contributed by atoms with E-state index in [-0.39, 0.29) is 22.0 Å². The molecule has 1 saturated heterocycles. The van der Waals surface area contributed by atoms with Gasteiger partial charge < -0.3 is 65.5 Å². The maximum Gasteiger partial charge on any atom is 0.255 e. The molecule has 0 bridgehead atoms. The summed E-state index contributed by atoms with van der Waals surface area (Å²) in [6, 6.07) is 2.75. The number of aliphatic hydroxyl groups is 7. The van der Waals surface area contributed by atoms with Crippen molar-refractivity contribution < 1.29 is 59.5 Å². The number of benzene rings is 1. The molecule has 16 heteroatoms. The molecule has 0 radical (unpaired) electrons. The first-order chi connectivity index (χ1) is 19.9. The van der Waals surface area contributed by atoms with Crippen molar-refractivity contribution in [2.45, 2.75) is 62.9 Å². The van der Waals surface area contributed by atoms with Crippen molar-refractivity contribution in [2.24, 2.45) is 0 Å². The molecule has 1 aliphatic rings. The first-order valence-corrected chi connectivity index (χ1v) is 13.9. The summed E-state index contributed by atoms with van der Waals surface area (Å²) >= 11 is 6.34. The van der Waals surface area contributed by atoms with Gasteiger partial charge in [-0.05, 0) is 19.2 Å². The van der Waals surface area contributed by atoms with Crippen LogP contribution < -0.4 is 15.4 Å². The van der Waals surface area contributed by atoms with E-state index in [4.69, 9.17) is 25.8 Å². The van der Waals surface area contributed by atoms with E-state index in [1.165, 1.54) is 19.2 Å². The number of anilines is 1. The van der Waals surface area contributed by atoms with Crippen LogP contribution in [0.5, 0.6) is 5.75 Å². The molecular weight excluding hydrogens is 582 g/mol. The van der Waals surface area contributed by atoms with E-state index in [1.54, 1.807) is 0 Å². The van der Waals surface area contributed by atoms with E-state index in [1.807, 2.05) is 13.8 Å². The molecule has 8 atom stereocenters. The number of likely N-dealkylation sites (N-methyl/N-ethyl adjacent to an activating group) is 1. The van der Waals surface area contributed by atoms with Crippen molar-refractivity contribution in [3.63, 3.8) is 0 Å². The highest BCUT2D eigenvalue weighted by atomic mass is 35.5. The quantitative estimate of drug-likeness (QED) is 0.0860. The molecule has 240 valence electrons. The fourth-order valence-electron chi connectivity index (χ4n) is 4.28. The van der Waals surface area contributed by atoms with E-state index in [9.17, 15) is 45.3 Å². The number of nitrogens with one attached hydrogen (secondary N) is 2. The highest BCUT2D eigenvalue weighted by molar-refractivity contribution is 6.33. The molecule has 1 fully saturated rings. The zero-order valence-electron chi connectivity index (χ0n) is 23.7. The number of methoxy groups -OCH3 is 1. The Morgan fingerprint density at radius 1 is 1.10 bits per heavy atom. The van der Waals surface area contributed by atoms with E-state index in [0.717, 1.165) is 13.1 Å². The van der Waals surface area contributed by atoms with Crippen LogP contribution in [0.1, 0.15) is 24.2 Å². The normalized spacial score (nSPS) is 24.6. The minimum Gasteiger partial charge on any atom is -0.496 e. The first kappa shape index (κ1) is 36.0. The molecule has 15 nitrogen and oxygen atoms in total. The van der Waals surface area contributed by atoms with Crippen LogP contribution in [0.25, 0.3) is 0 Å². The molecule has 0 aliphatic carbocycles. The van der Waals surface area contributed by atoms with Crippen molar-refractivity contribution in [3.8, 4) is 5.75 Å². The molecule has 1 heterocycles. The van der Waals surface area contributed by atoms with E-state index >= 15 is 0 Å². The monoisotopic (exact) mass is 623 g/mol. The summed E-state index contributed by atoms with van der Waals surface area (Å²) in [5, 5.41) is 75.4. The van der Waals surface area contributed by atoms with Crippen LogP contribution >= 0.6 is 11.6 Å². The van der Waals surface area contributed by atoms with Gasteiger partial charge in [-0.2, -0.15) is 0 Å². The molecule has 0 saturated carbocycles. The smallest absolute Gasteiger partial charge is 0.255 e. The van der Waals surface area contributed by atoms with Crippen LogP contribution in [0.15, 0.2) is 12.1 Å². The van der Waals surface area contributed by atoms with Crippen LogP contribution in [0, 0.1) is 0 Å². The fraction of sp³-hybridized carbons (Fsp3) is 0.692. The molecule has 1 aromatic carbocycles. The lowest BCUT2D eigenvalue weighted by Crippen LogP contribution is -2.61. The number of Topliss-reactive ketones (excluding diaryl/α,β-unsaturated/α-hetero) is 1. The Balaban J connectivity index is 2.10. The first-order valence-electron chi connectivity index (χ1n) is 13.5. The second-order valence-corrected chi connectivity index (χ2v) is 10.0. The number of carbonyl (C=O) groups is 2. The number of rotatable bonds is 17. The number of ether oxygens (including phenoxy) is 3. The zero-order chi connectivity index (χ0) is 31.6. The number of carbonyl (C=O) groups excluding carboxylic acids is 2. The van der Waals surface area contributed by atoms with Gasteiger partial charge in [0.05, 0.1) is 43.1 Å². The third kappa shape index (κ3) is 9.17. The summed E-state index contributed by atoms with van der Waals surface area (Å²) in [5.74, 6) is -1.19. The standard InChI is InChI=1S/C26H42ClN3O12/c1-4-30(5-2)7-6-28-25(39)13-8-14(27)15(9-18(13)40-3)29-10-16(33)20(35)24(17(34)11-31)42-26-23(38)22(37)21(36)19(12-32)41-26/h8-9,17,19-24,26,29,31-32,34-38H,4-7,10-12H2,1-3H3,(H,28,39)/t17-,19-,20-,21+,22+,23-,24-,26+/m1/s1. The van der Waals surface area contributed by atoms with Gasteiger partial charge in [-0.1, -0.05) is 25.4 Å². The van der Waals surface area contributed by atoms with Crippen molar-refractivity contribution in [2.75, 3.05) is 58.4 Å². The number of nitrogens with zero attached hydrogens (tertiary/aromatic N) is 1. The van der Waals surface area contributed by atoms with Crippen molar-refractivity contribution in [1.29, 1.82) is 0 Å². The van der Waals surface area contributed by atoms with Gasteiger partial charge in [-0.3, -0.25) is 9.59 Å². The summed E-state index contributed by atoms with van der Waals surface area (Å²) in [4.78, 5) is 27.7. The Morgan fingerprint density at radius 3 is 2.33 bits per heavy atom. The molecule has 0 unspecified atom stereocenters. The van der Waals surface area contributed by atoms with E-state index in [0.29, 0.717) is 13.1 Å². The summed E-state index contributed by atoms with van der Waals surface area (Å²) in [7, 11) is 1.35. The molecule has 1 amide bonds. The molecule has 0 aromatic heterocycles. The summed E-state index contributed by atoms with van der Waals surface area (Å²) < 4.78 is 15.9. The Bertz CT molecular complexity index is 1010. The number of hydrogen-bond donors (Lipinski definition) is 9. The van der Waals surface area contributed by atoms with Gasteiger partial charge in [0.25, 0.3) is 5.91 Å². The van der Waals surface area contributed by atoms with Gasteiger partial charge in [0.1, 0.15) is 48.5 Å². The number of hydrogen-bond acceptors (Lipinski definition) is 14. The highest BCUT2D eigenvalue weighted by Gasteiger charge is 2.46. The predicted molar refractivity (Wildman–Crippen MR) is 149 cm³/mol. The maximum absolute atomic E-state index is 12.8. The largest absolute Gasteiger partial charge is 0.496 e. The fourth-order valence-corrected chi connectivity index (χ4v) is 4.51. The van der Waals surface area contributed by atoms with Gasteiger partial charge in [-0.15, -0.1) is 0 Å². The Labute approximate surface area is 248 Å². The average molecular weight is 624 g/mol. The SMILES string of the molecule is CCN(CC)CCNC(=O)c1cc(Cl)c(NCC(=O)[C@@H](O)[C@H](O[C@@H]2O[C@H](CO)[C@H](O)[C@H](O)[C@H]2O)[C@H](O)CO)cc1OC. The van der Waals surface area contributed by atoms with E-state index < -0.39 is 80.5 Å². The Hall–Kier alpha value is -2.15. The molecule has 2 rings (SSSR count). The van der Waals surface area contributed by atoms with Gasteiger partial charge in [0, 0.05) is 19.2 Å². The Kier molecular flexibility index (Phi) is 14.8. The molecule has 1 aliphatic heterocycles. The molecule has 42 heavy (non-hydrogen) atoms. The van der Waals surface area contributed by atoms with Crippen LogP contribution in [-0.2, 0) is 14.3 Å². The van der Waals surface area contributed by atoms with Crippen LogP contribution in [-0.4, -0.2) is 154 Å². The van der Waals surface area contributed by atoms with Gasteiger partial charge >= 0.3 is 0 Å². The van der Waals surface area contributed by atoms with Crippen LogP contribution in [0.3, 0.4) is 0 Å². The molecule has 0 spiro atoms. The van der Waals surface area contributed by atoms with Crippen molar-refractivity contribution in [1.82, 2.24) is 10.2 Å². The van der Waals surface area contributed by atoms with Gasteiger partial charge in [0.15, 0.2) is 12.1 Å².